The summed E-state index contributed by atoms with van der Waals surface area (Å²) < 4.78 is 28.2. The third-order valence-corrected chi connectivity index (χ3v) is 6.04. The van der Waals surface area contributed by atoms with Crippen LogP contribution < -0.4 is 10.2 Å². The highest BCUT2D eigenvalue weighted by Crippen LogP contribution is 2.28. The zero-order chi connectivity index (χ0) is 21.4. The standard InChI is InChI=1S/C20H17F2N7OS/c21-14-2-1-13(9-15(14)22)16-10-31-20(24-16)25-19(30)12-5-7-28(8-6-12)18-4-3-17-26-23-11-29(17)27-18/h1-4,9-12H,5-8H2,(H,24,25,30). The molecule has 1 aliphatic rings. The van der Waals surface area contributed by atoms with E-state index >= 15 is 0 Å². The molecule has 1 fully saturated rings. The van der Waals surface area contributed by atoms with E-state index < -0.39 is 11.6 Å². The van der Waals surface area contributed by atoms with Gasteiger partial charge in [0.05, 0.1) is 5.69 Å². The van der Waals surface area contributed by atoms with Crippen molar-refractivity contribution in [2.24, 2.45) is 5.92 Å². The normalized spacial score (nSPS) is 14.8. The number of nitrogens with one attached hydrogen (secondary N) is 1. The summed E-state index contributed by atoms with van der Waals surface area (Å²) in [5.74, 6) is -1.24. The molecule has 1 N–H and O–H groups in total. The zero-order valence-electron chi connectivity index (χ0n) is 16.2. The lowest BCUT2D eigenvalue weighted by Crippen LogP contribution is -2.38. The van der Waals surface area contributed by atoms with Gasteiger partial charge in [0, 0.05) is 30.0 Å². The van der Waals surface area contributed by atoms with Crippen molar-refractivity contribution >= 4 is 33.8 Å². The highest BCUT2D eigenvalue weighted by Gasteiger charge is 2.26. The second-order valence-electron chi connectivity index (χ2n) is 7.24. The van der Waals surface area contributed by atoms with E-state index in [1.807, 2.05) is 12.1 Å². The molecule has 31 heavy (non-hydrogen) atoms. The maximum atomic E-state index is 13.5. The molecule has 1 aromatic carbocycles. The second kappa shape index (κ2) is 7.99. The Morgan fingerprint density at radius 2 is 1.97 bits per heavy atom. The van der Waals surface area contributed by atoms with E-state index in [0.29, 0.717) is 48.0 Å². The summed E-state index contributed by atoms with van der Waals surface area (Å²) in [6, 6.07) is 7.38. The summed E-state index contributed by atoms with van der Waals surface area (Å²) in [4.78, 5) is 19.2. The summed E-state index contributed by atoms with van der Waals surface area (Å²) in [6.45, 7) is 1.41. The van der Waals surface area contributed by atoms with E-state index in [1.54, 1.807) is 16.2 Å². The number of fused-ring (bicyclic) bond motifs is 1. The van der Waals surface area contributed by atoms with Crippen molar-refractivity contribution in [2.75, 3.05) is 23.3 Å². The fourth-order valence-corrected chi connectivity index (χ4v) is 4.31. The van der Waals surface area contributed by atoms with Crippen LogP contribution in [0.15, 0.2) is 42.0 Å². The molecule has 5 rings (SSSR count). The second-order valence-corrected chi connectivity index (χ2v) is 8.10. The van der Waals surface area contributed by atoms with Gasteiger partial charge in [-0.1, -0.05) is 0 Å². The number of carbonyl (C=O) groups is 1. The van der Waals surface area contributed by atoms with Gasteiger partial charge in [-0.2, -0.15) is 4.52 Å². The lowest BCUT2D eigenvalue weighted by atomic mass is 9.96. The number of carbonyl (C=O) groups excluding carboxylic acids is 1. The number of hydrogen-bond acceptors (Lipinski definition) is 7. The van der Waals surface area contributed by atoms with Crippen LogP contribution in [0.5, 0.6) is 0 Å². The molecule has 1 aliphatic heterocycles. The van der Waals surface area contributed by atoms with Gasteiger partial charge < -0.3 is 10.2 Å². The largest absolute Gasteiger partial charge is 0.355 e. The van der Waals surface area contributed by atoms with E-state index in [0.717, 1.165) is 18.0 Å². The van der Waals surface area contributed by atoms with Crippen molar-refractivity contribution in [3.8, 4) is 11.3 Å². The predicted octanol–water partition coefficient (Wildman–Crippen LogP) is 3.38. The highest BCUT2D eigenvalue weighted by molar-refractivity contribution is 7.14. The average molecular weight is 441 g/mol. The monoisotopic (exact) mass is 441 g/mol. The summed E-state index contributed by atoms with van der Waals surface area (Å²) >= 11 is 1.25. The molecule has 0 radical (unpaired) electrons. The molecule has 0 aliphatic carbocycles. The summed E-state index contributed by atoms with van der Waals surface area (Å²) in [6.07, 6.45) is 2.94. The highest BCUT2D eigenvalue weighted by atomic mass is 32.1. The first-order chi connectivity index (χ1) is 15.1. The Balaban J connectivity index is 1.20. The maximum Gasteiger partial charge on any atom is 0.229 e. The molecule has 158 valence electrons. The Bertz CT molecular complexity index is 1250. The maximum absolute atomic E-state index is 13.5. The number of nitrogens with zero attached hydrogens (tertiary/aromatic N) is 6. The summed E-state index contributed by atoms with van der Waals surface area (Å²) in [5.41, 5.74) is 1.63. The molecule has 4 aromatic rings. The molecule has 8 nitrogen and oxygen atoms in total. The molecule has 0 saturated carbocycles. The Hall–Kier alpha value is -3.47. The molecule has 0 atom stereocenters. The fourth-order valence-electron chi connectivity index (χ4n) is 3.58. The van der Waals surface area contributed by atoms with E-state index in [4.69, 9.17) is 0 Å². The van der Waals surface area contributed by atoms with E-state index in [9.17, 15) is 13.6 Å². The van der Waals surface area contributed by atoms with Gasteiger partial charge in [0.1, 0.15) is 12.1 Å². The van der Waals surface area contributed by atoms with Gasteiger partial charge in [0.25, 0.3) is 0 Å². The number of piperidine rings is 1. The van der Waals surface area contributed by atoms with Gasteiger partial charge in [-0.3, -0.25) is 4.79 Å². The molecule has 0 bridgehead atoms. The Morgan fingerprint density at radius 1 is 1.13 bits per heavy atom. The topological polar surface area (TPSA) is 88.3 Å². The summed E-state index contributed by atoms with van der Waals surface area (Å²) in [7, 11) is 0. The van der Waals surface area contributed by atoms with E-state index in [1.165, 1.54) is 17.4 Å². The van der Waals surface area contributed by atoms with Crippen molar-refractivity contribution in [1.29, 1.82) is 0 Å². The van der Waals surface area contributed by atoms with Crippen LogP contribution in [0.2, 0.25) is 0 Å². The molecule has 0 unspecified atom stereocenters. The molecule has 4 heterocycles. The molecule has 11 heteroatoms. The smallest absolute Gasteiger partial charge is 0.229 e. The minimum atomic E-state index is -0.930. The number of anilines is 2. The Morgan fingerprint density at radius 3 is 2.77 bits per heavy atom. The van der Waals surface area contributed by atoms with E-state index in [-0.39, 0.29) is 11.8 Å². The van der Waals surface area contributed by atoms with Crippen LogP contribution in [0.1, 0.15) is 12.8 Å². The number of amides is 1. The third kappa shape index (κ3) is 3.96. The van der Waals surface area contributed by atoms with E-state index in [2.05, 4.69) is 30.5 Å². The Labute approximate surface area is 179 Å². The van der Waals surface area contributed by atoms with Gasteiger partial charge >= 0.3 is 0 Å². The molecular formula is C20H17F2N7OS. The molecular weight excluding hydrogens is 424 g/mol. The minimum Gasteiger partial charge on any atom is -0.355 e. The van der Waals surface area contributed by atoms with Crippen molar-refractivity contribution < 1.29 is 13.6 Å². The van der Waals surface area contributed by atoms with Crippen molar-refractivity contribution in [3.05, 3.63) is 53.7 Å². The van der Waals surface area contributed by atoms with Gasteiger partial charge in [-0.05, 0) is 43.2 Å². The third-order valence-electron chi connectivity index (χ3n) is 5.29. The first-order valence-electron chi connectivity index (χ1n) is 9.70. The SMILES string of the molecule is O=C(Nc1nc(-c2ccc(F)c(F)c2)cs1)C1CCN(c2ccc3nncn3n2)CC1. The van der Waals surface area contributed by atoms with Gasteiger partial charge in [0.15, 0.2) is 22.4 Å². The number of aromatic nitrogens is 5. The lowest BCUT2D eigenvalue weighted by Gasteiger charge is -2.31. The molecule has 1 amide bonds. The van der Waals surface area contributed by atoms with Crippen molar-refractivity contribution in [3.63, 3.8) is 0 Å². The number of rotatable bonds is 4. The van der Waals surface area contributed by atoms with Crippen LogP contribution in [0.4, 0.5) is 19.7 Å². The van der Waals surface area contributed by atoms with Crippen LogP contribution >= 0.6 is 11.3 Å². The molecule has 1 saturated heterocycles. The number of halogens is 2. The van der Waals surface area contributed by atoms with Crippen LogP contribution in [-0.4, -0.2) is 43.8 Å². The Kier molecular flexibility index (Phi) is 5.02. The molecule has 3 aromatic heterocycles. The van der Waals surface area contributed by atoms with Crippen LogP contribution in [0.3, 0.4) is 0 Å². The zero-order valence-corrected chi connectivity index (χ0v) is 17.0. The quantitative estimate of drug-likeness (QED) is 0.522. The van der Waals surface area contributed by atoms with Crippen molar-refractivity contribution in [1.82, 2.24) is 24.8 Å². The first kappa shape index (κ1) is 19.5. The van der Waals surface area contributed by atoms with Gasteiger partial charge in [-0.15, -0.1) is 26.6 Å². The first-order valence-corrected chi connectivity index (χ1v) is 10.6. The van der Waals surface area contributed by atoms with Gasteiger partial charge in [-0.25, -0.2) is 13.8 Å². The lowest BCUT2D eigenvalue weighted by molar-refractivity contribution is -0.120. The number of benzene rings is 1. The van der Waals surface area contributed by atoms with Crippen LogP contribution in [-0.2, 0) is 4.79 Å². The predicted molar refractivity (Wildman–Crippen MR) is 112 cm³/mol. The minimum absolute atomic E-state index is 0.0898. The number of hydrogen-bond donors (Lipinski definition) is 1. The van der Waals surface area contributed by atoms with Crippen LogP contribution in [0.25, 0.3) is 16.9 Å². The summed E-state index contributed by atoms with van der Waals surface area (Å²) in [5, 5.41) is 17.3. The number of thiazole rings is 1. The molecule has 0 spiro atoms. The van der Waals surface area contributed by atoms with Gasteiger partial charge in [0.2, 0.25) is 5.91 Å². The average Bonchev–Trinajstić information content (AvgIpc) is 3.45. The van der Waals surface area contributed by atoms with Crippen LogP contribution in [0, 0.1) is 17.6 Å². The van der Waals surface area contributed by atoms with Crippen molar-refractivity contribution in [2.45, 2.75) is 12.8 Å². The fraction of sp³-hybridized carbons (Fsp3) is 0.250.